The van der Waals surface area contributed by atoms with Crippen molar-refractivity contribution in [3.63, 3.8) is 0 Å². The van der Waals surface area contributed by atoms with E-state index in [1.54, 1.807) is 6.08 Å². The zero-order chi connectivity index (χ0) is 22.1. The lowest BCUT2D eigenvalue weighted by Gasteiger charge is -2.59. The Morgan fingerprint density at radius 3 is 2.47 bits per heavy atom. The normalized spacial score (nSPS) is 44.9. The summed E-state index contributed by atoms with van der Waals surface area (Å²) in [4.78, 5) is 38.0. The van der Waals surface area contributed by atoms with Crippen molar-refractivity contribution in [2.24, 2.45) is 34.5 Å². The van der Waals surface area contributed by atoms with Gasteiger partial charge in [-0.05, 0) is 74.3 Å². The Morgan fingerprint density at radius 2 is 1.83 bits per heavy atom. The quantitative estimate of drug-likeness (QED) is 0.685. The van der Waals surface area contributed by atoms with Crippen LogP contribution in [0.1, 0.15) is 59.8 Å². The number of hydrogen-bond donors (Lipinski definition) is 2. The van der Waals surface area contributed by atoms with E-state index in [9.17, 15) is 24.6 Å². The van der Waals surface area contributed by atoms with E-state index in [1.165, 1.54) is 13.0 Å². The van der Waals surface area contributed by atoms with Gasteiger partial charge in [-0.1, -0.05) is 13.8 Å². The van der Waals surface area contributed by atoms with Gasteiger partial charge in [0.05, 0.1) is 5.41 Å². The van der Waals surface area contributed by atoms with Crippen LogP contribution in [0.2, 0.25) is 0 Å². The molecule has 0 spiro atoms. The predicted octanol–water partition coefficient (Wildman–Crippen LogP) is 3.29. The predicted molar refractivity (Wildman–Crippen MR) is 109 cm³/mol. The number of allylic oxidation sites excluding steroid dienone is 3. The summed E-state index contributed by atoms with van der Waals surface area (Å²) in [6.07, 6.45) is 6.52. The molecule has 30 heavy (non-hydrogen) atoms. The molecule has 0 amide bonds. The minimum atomic E-state index is -1.29. The molecule has 0 saturated heterocycles. The summed E-state index contributed by atoms with van der Waals surface area (Å²) < 4.78 is 5.73. The third-order valence-corrected chi connectivity index (χ3v) is 9.06. The molecule has 0 aromatic carbocycles. The van der Waals surface area contributed by atoms with Crippen LogP contribution >= 0.6 is 0 Å². The average Bonchev–Trinajstić information content (AvgIpc) is 2.96. The van der Waals surface area contributed by atoms with Crippen molar-refractivity contribution in [3.8, 4) is 0 Å². The molecular formula is C24H32O6. The van der Waals surface area contributed by atoms with E-state index in [2.05, 4.69) is 6.92 Å². The van der Waals surface area contributed by atoms with E-state index in [4.69, 9.17) is 4.74 Å². The van der Waals surface area contributed by atoms with Crippen LogP contribution in [0, 0.1) is 34.5 Å². The monoisotopic (exact) mass is 416 g/mol. The van der Waals surface area contributed by atoms with Gasteiger partial charge in [0.25, 0.3) is 0 Å². The zero-order valence-electron chi connectivity index (χ0n) is 18.2. The highest BCUT2D eigenvalue weighted by Crippen LogP contribution is 2.68. The minimum Gasteiger partial charge on any atom is -0.508 e. The molecule has 3 saturated carbocycles. The van der Waals surface area contributed by atoms with E-state index in [-0.39, 0.29) is 35.2 Å². The fourth-order valence-electron chi connectivity index (χ4n) is 7.75. The second-order valence-electron chi connectivity index (χ2n) is 10.2. The number of carbonyl (C=O) groups is 3. The largest absolute Gasteiger partial charge is 0.508 e. The first-order chi connectivity index (χ1) is 14.0. The Morgan fingerprint density at radius 1 is 1.17 bits per heavy atom. The van der Waals surface area contributed by atoms with Gasteiger partial charge in [-0.15, -0.1) is 0 Å². The zero-order valence-corrected chi connectivity index (χ0v) is 18.2. The lowest BCUT2D eigenvalue weighted by Crippen LogP contribution is -2.60. The molecule has 2 N–H and O–H groups in total. The third-order valence-electron chi connectivity index (χ3n) is 9.06. The molecule has 7 atom stereocenters. The van der Waals surface area contributed by atoms with Crippen molar-refractivity contribution < 1.29 is 29.3 Å². The molecule has 6 nitrogen and oxygen atoms in total. The molecule has 4 rings (SSSR count). The fraction of sp³-hybridized carbons (Fsp3) is 0.708. The second kappa shape index (κ2) is 6.78. The van der Waals surface area contributed by atoms with Gasteiger partial charge in [-0.3, -0.25) is 14.4 Å². The first-order valence-corrected chi connectivity index (χ1v) is 11.0. The molecule has 0 unspecified atom stereocenters. The maximum Gasteiger partial charge on any atom is 0.303 e. The van der Waals surface area contributed by atoms with E-state index in [1.807, 2.05) is 13.8 Å². The topological polar surface area (TPSA) is 101 Å². The minimum absolute atomic E-state index is 0.0294. The second-order valence-corrected chi connectivity index (χ2v) is 10.2. The molecule has 4 aliphatic carbocycles. The number of Topliss-reactive ketones (excluding diaryl/α,β-unsaturated/α-hetero) is 1. The lowest BCUT2D eigenvalue weighted by molar-refractivity contribution is -0.190. The van der Waals surface area contributed by atoms with Crippen molar-refractivity contribution in [1.29, 1.82) is 0 Å². The van der Waals surface area contributed by atoms with Gasteiger partial charge >= 0.3 is 5.97 Å². The molecule has 6 heteroatoms. The Bertz CT molecular complexity index is 871. The highest BCUT2D eigenvalue weighted by atomic mass is 16.6. The number of ether oxygens (including phenoxy) is 1. The summed E-state index contributed by atoms with van der Waals surface area (Å²) in [6.45, 7) is 6.81. The van der Waals surface area contributed by atoms with Crippen molar-refractivity contribution in [1.82, 2.24) is 0 Å². The maximum absolute atomic E-state index is 13.1. The summed E-state index contributed by atoms with van der Waals surface area (Å²) in [5.74, 6) is -0.346. The molecule has 0 aromatic heterocycles. The molecule has 4 aliphatic rings. The Kier molecular flexibility index (Phi) is 4.81. The van der Waals surface area contributed by atoms with Crippen molar-refractivity contribution >= 4 is 17.5 Å². The van der Waals surface area contributed by atoms with E-state index in [0.717, 1.165) is 24.8 Å². The number of aliphatic hydroxyl groups excluding tert-OH is 2. The number of esters is 1. The Labute approximate surface area is 177 Å². The number of ketones is 2. The first kappa shape index (κ1) is 21.3. The van der Waals surface area contributed by atoms with Crippen LogP contribution in [-0.2, 0) is 19.1 Å². The number of hydrogen-bond acceptors (Lipinski definition) is 6. The number of rotatable bonds is 3. The number of carbonyl (C=O) groups excluding carboxylic acids is 3. The van der Waals surface area contributed by atoms with Gasteiger partial charge in [0.2, 0.25) is 5.78 Å². The summed E-state index contributed by atoms with van der Waals surface area (Å²) in [5, 5.41) is 19.7. The highest BCUT2D eigenvalue weighted by molar-refractivity contribution is 5.99. The SMILES string of the molecule is CC(=O)O[C@]1(C(=O)CO)CC[C@H]2[C@@H]3C[C@H](C)C4=CC(O)=CC(=O)[C@]4(C)[C@H]3CC[C@@]21C. The molecular weight excluding hydrogens is 384 g/mol. The van der Waals surface area contributed by atoms with E-state index in [0.29, 0.717) is 12.8 Å². The molecule has 0 bridgehead atoms. The molecule has 0 aliphatic heterocycles. The first-order valence-electron chi connectivity index (χ1n) is 11.0. The maximum atomic E-state index is 13.1. The Balaban J connectivity index is 1.76. The Hall–Kier alpha value is -1.95. The highest BCUT2D eigenvalue weighted by Gasteiger charge is 2.69. The summed E-state index contributed by atoms with van der Waals surface area (Å²) in [6, 6.07) is 0. The number of fused-ring (bicyclic) bond motifs is 5. The van der Waals surface area contributed by atoms with Crippen LogP contribution in [0.3, 0.4) is 0 Å². The van der Waals surface area contributed by atoms with E-state index >= 15 is 0 Å². The molecule has 0 heterocycles. The van der Waals surface area contributed by atoms with Crippen molar-refractivity contribution in [2.45, 2.75) is 65.4 Å². The van der Waals surface area contributed by atoms with Gasteiger partial charge in [-0.25, -0.2) is 0 Å². The van der Waals surface area contributed by atoms with Crippen molar-refractivity contribution in [2.75, 3.05) is 6.61 Å². The molecule has 3 fully saturated rings. The standard InChI is InChI=1S/C24H32O6/c1-13-9-16-17-6-8-24(21(29)12-25,30-14(2)26)22(17,3)7-5-18(16)23(4)19(13)10-15(27)11-20(23)28/h10-11,13,16-18,25,27H,5-9,12H2,1-4H3/t13-,16-,17-,18-,22-,23+,24-/m0/s1. The van der Waals surface area contributed by atoms with Crippen molar-refractivity contribution in [3.05, 3.63) is 23.5 Å². The average molecular weight is 417 g/mol. The molecule has 0 radical (unpaired) electrons. The molecule has 0 aromatic rings. The lowest BCUT2D eigenvalue weighted by atomic mass is 9.45. The van der Waals surface area contributed by atoms with Crippen LogP contribution < -0.4 is 0 Å². The van der Waals surface area contributed by atoms with Crippen LogP contribution in [0.25, 0.3) is 0 Å². The summed E-state index contributed by atoms with van der Waals surface area (Å²) in [5.41, 5.74) is -1.50. The summed E-state index contributed by atoms with van der Waals surface area (Å²) in [7, 11) is 0. The third kappa shape index (κ3) is 2.55. The molecule has 164 valence electrons. The van der Waals surface area contributed by atoms with Gasteiger partial charge < -0.3 is 14.9 Å². The van der Waals surface area contributed by atoms with Gasteiger partial charge in [0, 0.05) is 18.4 Å². The van der Waals surface area contributed by atoms with Crippen LogP contribution in [-0.4, -0.2) is 40.0 Å². The van der Waals surface area contributed by atoms with Gasteiger partial charge in [0.1, 0.15) is 12.4 Å². The van der Waals surface area contributed by atoms with Crippen LogP contribution in [0.4, 0.5) is 0 Å². The smallest absolute Gasteiger partial charge is 0.303 e. The van der Waals surface area contributed by atoms with Gasteiger partial charge in [-0.2, -0.15) is 0 Å². The fourth-order valence-corrected chi connectivity index (χ4v) is 7.75. The summed E-state index contributed by atoms with van der Waals surface area (Å²) >= 11 is 0. The van der Waals surface area contributed by atoms with Crippen LogP contribution in [0.15, 0.2) is 23.5 Å². The van der Waals surface area contributed by atoms with Gasteiger partial charge in [0.15, 0.2) is 11.4 Å². The van der Waals surface area contributed by atoms with Crippen LogP contribution in [0.5, 0.6) is 0 Å². The van der Waals surface area contributed by atoms with E-state index < -0.39 is 34.8 Å². The number of aliphatic hydroxyl groups is 2.